The molecule has 12 unspecified atom stereocenters. The van der Waals surface area contributed by atoms with Gasteiger partial charge in [-0.15, -0.1) is 0 Å². The molecule has 0 aliphatic carbocycles. The van der Waals surface area contributed by atoms with Gasteiger partial charge in [-0.25, -0.2) is 0 Å². The smallest absolute Gasteiger partial charge is 0.220 e. The summed E-state index contributed by atoms with van der Waals surface area (Å²) in [5, 5.41) is 87.1. The number of rotatable bonds is 50. The van der Waals surface area contributed by atoms with Gasteiger partial charge in [0.2, 0.25) is 5.91 Å². The molecule has 2 aliphatic heterocycles. The summed E-state index contributed by atoms with van der Waals surface area (Å²) in [6, 6.07) is -0.935. The Bertz CT molecular complexity index is 1410. The topological polar surface area (TPSA) is 228 Å². The van der Waals surface area contributed by atoms with E-state index >= 15 is 0 Å². The van der Waals surface area contributed by atoms with Crippen molar-refractivity contribution in [2.45, 2.75) is 331 Å². The number of aliphatic hydroxyl groups excluding tert-OH is 8. The Labute approximate surface area is 461 Å². The van der Waals surface area contributed by atoms with Gasteiger partial charge in [0.1, 0.15) is 48.8 Å². The second-order valence-corrected chi connectivity index (χ2v) is 22.2. The Kier molecular flexibility index (Phi) is 44.4. The van der Waals surface area contributed by atoms with Gasteiger partial charge in [0, 0.05) is 6.42 Å². The summed E-state index contributed by atoms with van der Waals surface area (Å²) in [4.78, 5) is 13.2. The van der Waals surface area contributed by atoms with Crippen LogP contribution in [0.3, 0.4) is 0 Å². The van der Waals surface area contributed by atoms with Crippen molar-refractivity contribution in [1.29, 1.82) is 0 Å². The molecule has 446 valence electrons. The fourth-order valence-corrected chi connectivity index (χ4v) is 10.3. The second kappa shape index (κ2) is 48.0. The fourth-order valence-electron chi connectivity index (χ4n) is 10.3. The Hall–Kier alpha value is -1.79. The largest absolute Gasteiger partial charge is 0.394 e. The van der Waals surface area contributed by atoms with Crippen LogP contribution in [0, 0.1) is 0 Å². The van der Waals surface area contributed by atoms with Crippen LogP contribution in [-0.2, 0) is 23.7 Å². The van der Waals surface area contributed by atoms with E-state index in [1.165, 1.54) is 180 Å². The minimum absolute atomic E-state index is 0.250. The zero-order chi connectivity index (χ0) is 55.3. The molecule has 1 amide bonds. The molecule has 0 radical (unpaired) electrons. The van der Waals surface area contributed by atoms with Crippen LogP contribution in [-0.4, -0.2) is 140 Å². The molecule has 0 spiro atoms. The predicted molar refractivity (Wildman–Crippen MR) is 305 cm³/mol. The Morgan fingerprint density at radius 1 is 0.461 bits per heavy atom. The highest BCUT2D eigenvalue weighted by Gasteiger charge is 2.51. The summed E-state index contributed by atoms with van der Waals surface area (Å²) in [5.41, 5.74) is 0. The molecule has 0 bridgehead atoms. The predicted octanol–water partition coefficient (Wildman–Crippen LogP) is 11.0. The highest BCUT2D eigenvalue weighted by Crippen LogP contribution is 2.30. The van der Waals surface area contributed by atoms with Gasteiger partial charge >= 0.3 is 0 Å². The summed E-state index contributed by atoms with van der Waals surface area (Å²) in [5.74, 6) is -0.250. The molecule has 2 saturated heterocycles. The van der Waals surface area contributed by atoms with Gasteiger partial charge in [0.15, 0.2) is 12.6 Å². The Balaban J connectivity index is 1.76. The molecule has 0 aromatic rings. The van der Waals surface area contributed by atoms with E-state index < -0.39 is 86.8 Å². The standard InChI is InChI=1S/C62H115NO13/c1-3-5-7-9-11-13-15-17-19-21-22-23-24-25-26-27-28-29-30-31-33-35-37-39-41-43-45-51(66)50(63-54(67)46-44-42-40-38-36-34-32-20-18-16-14-12-10-8-6-4-2)49-73-61-59(72)57(70)60(53(48-65)75-61)76-62-58(71)56(69)55(68)52(47-64)74-62/h29-30,35,37,43,45,50-53,55-62,64-66,68-72H,3-28,31-34,36,38-42,44,46-49H2,1-2H3,(H,63,67)/b30-29+,37-35+,45-43+. The van der Waals surface area contributed by atoms with Crippen molar-refractivity contribution in [3.05, 3.63) is 36.5 Å². The Morgan fingerprint density at radius 3 is 1.29 bits per heavy atom. The van der Waals surface area contributed by atoms with Crippen LogP contribution < -0.4 is 5.32 Å². The first kappa shape index (κ1) is 70.3. The van der Waals surface area contributed by atoms with Gasteiger partial charge in [-0.05, 0) is 44.9 Å². The molecule has 2 aliphatic rings. The average molecular weight is 1080 g/mol. The number of unbranched alkanes of at least 4 members (excludes halogenated alkanes) is 33. The first-order valence-electron chi connectivity index (χ1n) is 31.2. The van der Waals surface area contributed by atoms with E-state index in [2.05, 4.69) is 43.5 Å². The van der Waals surface area contributed by atoms with Gasteiger partial charge in [0.05, 0.1) is 32.0 Å². The van der Waals surface area contributed by atoms with Gasteiger partial charge in [0.25, 0.3) is 0 Å². The highest BCUT2D eigenvalue weighted by atomic mass is 16.7. The number of nitrogens with one attached hydrogen (secondary N) is 1. The van der Waals surface area contributed by atoms with Crippen molar-refractivity contribution in [2.75, 3.05) is 19.8 Å². The maximum Gasteiger partial charge on any atom is 0.220 e. The van der Waals surface area contributed by atoms with Crippen molar-refractivity contribution < 1.29 is 64.6 Å². The molecule has 2 heterocycles. The number of amides is 1. The molecule has 0 aromatic carbocycles. The zero-order valence-corrected chi connectivity index (χ0v) is 48.0. The molecule has 0 saturated carbocycles. The van der Waals surface area contributed by atoms with E-state index in [1.807, 2.05) is 6.08 Å². The second-order valence-electron chi connectivity index (χ2n) is 22.2. The summed E-state index contributed by atoms with van der Waals surface area (Å²) in [6.45, 7) is 2.80. The lowest BCUT2D eigenvalue weighted by atomic mass is 9.97. The lowest BCUT2D eigenvalue weighted by molar-refractivity contribution is -0.359. The van der Waals surface area contributed by atoms with Crippen LogP contribution >= 0.6 is 0 Å². The minimum atomic E-state index is -1.79. The molecule has 0 aromatic heterocycles. The van der Waals surface area contributed by atoms with Gasteiger partial charge in [-0.1, -0.05) is 243 Å². The van der Waals surface area contributed by atoms with E-state index in [1.54, 1.807) is 6.08 Å². The van der Waals surface area contributed by atoms with Crippen LogP contribution in [0.1, 0.15) is 258 Å². The molecule has 2 fully saturated rings. The van der Waals surface area contributed by atoms with Crippen LogP contribution in [0.2, 0.25) is 0 Å². The lowest BCUT2D eigenvalue weighted by Crippen LogP contribution is -2.65. The molecular weight excluding hydrogens is 967 g/mol. The molecular formula is C62H115NO13. The molecule has 14 nitrogen and oxygen atoms in total. The Morgan fingerprint density at radius 2 is 0.842 bits per heavy atom. The number of aliphatic hydroxyl groups is 8. The normalized spacial score (nSPS) is 25.1. The molecule has 2 rings (SSSR count). The van der Waals surface area contributed by atoms with Crippen LogP contribution in [0.4, 0.5) is 0 Å². The third kappa shape index (κ3) is 33.1. The molecule has 9 N–H and O–H groups in total. The van der Waals surface area contributed by atoms with E-state index in [0.29, 0.717) is 12.8 Å². The first-order valence-corrected chi connectivity index (χ1v) is 31.2. The third-order valence-corrected chi connectivity index (χ3v) is 15.3. The molecule has 14 heteroatoms. The van der Waals surface area contributed by atoms with Crippen molar-refractivity contribution in [3.8, 4) is 0 Å². The number of carbonyl (C=O) groups excluding carboxylic acids is 1. The van der Waals surface area contributed by atoms with Crippen LogP contribution in [0.15, 0.2) is 36.5 Å². The lowest BCUT2D eigenvalue weighted by Gasteiger charge is -2.46. The quantitative estimate of drug-likeness (QED) is 0.0204. The first-order chi connectivity index (χ1) is 37.1. The highest BCUT2D eigenvalue weighted by molar-refractivity contribution is 5.76. The average Bonchev–Trinajstić information content (AvgIpc) is 3.42. The maximum absolute atomic E-state index is 13.2. The maximum atomic E-state index is 13.2. The van der Waals surface area contributed by atoms with Crippen molar-refractivity contribution in [2.24, 2.45) is 0 Å². The van der Waals surface area contributed by atoms with Crippen molar-refractivity contribution >= 4 is 5.91 Å². The van der Waals surface area contributed by atoms with Gasteiger partial charge < -0.3 is 65.1 Å². The summed E-state index contributed by atoms with van der Waals surface area (Å²) < 4.78 is 22.8. The van der Waals surface area contributed by atoms with Crippen LogP contribution in [0.25, 0.3) is 0 Å². The summed E-state index contributed by atoms with van der Waals surface area (Å²) in [6.07, 6.45) is 41.9. The van der Waals surface area contributed by atoms with E-state index in [-0.39, 0.29) is 18.9 Å². The van der Waals surface area contributed by atoms with E-state index in [4.69, 9.17) is 18.9 Å². The van der Waals surface area contributed by atoms with Crippen molar-refractivity contribution in [3.63, 3.8) is 0 Å². The number of hydrogen-bond donors (Lipinski definition) is 9. The number of allylic oxidation sites excluding steroid dienone is 5. The SMILES string of the molecule is CCCCCCCCCCCCCCCCCC/C=C/CC/C=C/CC/C=C/C(O)C(COC1OC(CO)C(OC2OC(CO)C(O)C(O)C2O)C(O)C1O)NC(=O)CCCCCCCCCCCCCCCCCC. The van der Waals surface area contributed by atoms with E-state index in [0.717, 1.165) is 44.9 Å². The summed E-state index contributed by atoms with van der Waals surface area (Å²) in [7, 11) is 0. The minimum Gasteiger partial charge on any atom is -0.394 e. The van der Waals surface area contributed by atoms with Crippen molar-refractivity contribution in [1.82, 2.24) is 5.32 Å². The van der Waals surface area contributed by atoms with E-state index in [9.17, 15) is 45.6 Å². The fraction of sp³-hybridized carbons (Fsp3) is 0.887. The summed E-state index contributed by atoms with van der Waals surface area (Å²) >= 11 is 0. The number of hydrogen-bond acceptors (Lipinski definition) is 13. The molecule has 12 atom stereocenters. The van der Waals surface area contributed by atoms with Crippen LogP contribution in [0.5, 0.6) is 0 Å². The molecule has 76 heavy (non-hydrogen) atoms. The monoisotopic (exact) mass is 1080 g/mol. The third-order valence-electron chi connectivity index (χ3n) is 15.3. The zero-order valence-electron chi connectivity index (χ0n) is 48.0. The van der Waals surface area contributed by atoms with Gasteiger partial charge in [-0.3, -0.25) is 4.79 Å². The van der Waals surface area contributed by atoms with Gasteiger partial charge in [-0.2, -0.15) is 0 Å². The number of ether oxygens (including phenoxy) is 4. The number of carbonyl (C=O) groups is 1.